The molecule has 2 aromatic carbocycles. The van der Waals surface area contributed by atoms with Gasteiger partial charge in [-0.3, -0.25) is 0 Å². The molecule has 1 aromatic heterocycles. The summed E-state index contributed by atoms with van der Waals surface area (Å²) in [6.07, 6.45) is 0. The smallest absolute Gasteiger partial charge is 0.184 e. The number of nitrogens with one attached hydrogen (secondary N) is 1. The average Bonchev–Trinajstić information content (AvgIpc) is 2.94. The van der Waals surface area contributed by atoms with Crippen molar-refractivity contribution in [1.82, 2.24) is 4.98 Å². The van der Waals surface area contributed by atoms with Gasteiger partial charge in [0.1, 0.15) is 5.75 Å². The monoisotopic (exact) mass is 368 g/mol. The zero-order valence-electron chi connectivity index (χ0n) is 16.5. The molecule has 0 atom stereocenters. The molecule has 0 fully saturated rings. The molecule has 0 radical (unpaired) electrons. The maximum atomic E-state index is 10.9. The number of phenols is 1. The summed E-state index contributed by atoms with van der Waals surface area (Å²) < 4.78 is 1.16. The van der Waals surface area contributed by atoms with E-state index in [2.05, 4.69) is 70.0 Å². The summed E-state index contributed by atoms with van der Waals surface area (Å²) >= 11 is 1.64. The van der Waals surface area contributed by atoms with Crippen LogP contribution < -0.4 is 5.32 Å². The molecule has 138 valence electrons. The SMILES string of the molecule is CC(C)(C)c1cc(CNc2nc3ccccc3s2)c(O)c(C(C)(C)C)c1. The predicted octanol–water partition coefficient (Wildman–Crippen LogP) is 6.21. The standard InChI is InChI=1S/C22H28N2OS/c1-21(2,3)15-11-14(19(25)16(12-15)22(4,5)6)13-23-20-24-17-9-7-8-10-18(17)26-20/h7-12,25H,13H2,1-6H3,(H,23,24). The van der Waals surface area contributed by atoms with Gasteiger partial charge in [-0.05, 0) is 40.2 Å². The first-order valence-corrected chi connectivity index (χ1v) is 9.83. The summed E-state index contributed by atoms with van der Waals surface area (Å²) in [5, 5.41) is 15.2. The molecule has 0 aliphatic heterocycles. The van der Waals surface area contributed by atoms with Crippen molar-refractivity contribution in [2.24, 2.45) is 0 Å². The van der Waals surface area contributed by atoms with Crippen LogP contribution in [0.1, 0.15) is 58.2 Å². The largest absolute Gasteiger partial charge is 0.507 e. The van der Waals surface area contributed by atoms with Crippen LogP contribution in [0, 0.1) is 0 Å². The quantitative estimate of drug-likeness (QED) is 0.578. The van der Waals surface area contributed by atoms with Crippen molar-refractivity contribution in [3.63, 3.8) is 0 Å². The number of aromatic nitrogens is 1. The Morgan fingerprint density at radius 1 is 1.00 bits per heavy atom. The van der Waals surface area contributed by atoms with Crippen LogP contribution in [0.15, 0.2) is 36.4 Å². The molecular weight excluding hydrogens is 340 g/mol. The van der Waals surface area contributed by atoms with Crippen LogP contribution in [0.25, 0.3) is 10.2 Å². The number of benzene rings is 2. The summed E-state index contributed by atoms with van der Waals surface area (Å²) in [4.78, 5) is 4.63. The molecule has 0 saturated carbocycles. The minimum Gasteiger partial charge on any atom is -0.507 e. The van der Waals surface area contributed by atoms with E-state index in [0.29, 0.717) is 12.3 Å². The number of anilines is 1. The second kappa shape index (κ2) is 6.58. The number of hydrogen-bond acceptors (Lipinski definition) is 4. The van der Waals surface area contributed by atoms with Gasteiger partial charge in [-0.2, -0.15) is 0 Å². The maximum absolute atomic E-state index is 10.9. The third kappa shape index (κ3) is 3.85. The topological polar surface area (TPSA) is 45.2 Å². The van der Waals surface area contributed by atoms with Gasteiger partial charge in [-0.1, -0.05) is 71.1 Å². The Kier molecular flexibility index (Phi) is 4.74. The van der Waals surface area contributed by atoms with Crippen molar-refractivity contribution >= 4 is 26.7 Å². The molecule has 0 saturated heterocycles. The highest BCUT2D eigenvalue weighted by Gasteiger charge is 2.24. The molecule has 26 heavy (non-hydrogen) atoms. The lowest BCUT2D eigenvalue weighted by atomic mass is 9.79. The van der Waals surface area contributed by atoms with E-state index in [0.717, 1.165) is 26.5 Å². The van der Waals surface area contributed by atoms with Gasteiger partial charge in [-0.25, -0.2) is 4.98 Å². The van der Waals surface area contributed by atoms with Gasteiger partial charge in [0.25, 0.3) is 0 Å². The van der Waals surface area contributed by atoms with Crippen molar-refractivity contribution in [3.8, 4) is 5.75 Å². The van der Waals surface area contributed by atoms with Crippen molar-refractivity contribution in [1.29, 1.82) is 0 Å². The van der Waals surface area contributed by atoms with E-state index >= 15 is 0 Å². The van der Waals surface area contributed by atoms with Crippen molar-refractivity contribution < 1.29 is 5.11 Å². The van der Waals surface area contributed by atoms with E-state index in [4.69, 9.17) is 0 Å². The number of phenolic OH excluding ortho intramolecular Hbond substituents is 1. The lowest BCUT2D eigenvalue weighted by Gasteiger charge is -2.27. The highest BCUT2D eigenvalue weighted by Crippen LogP contribution is 2.38. The van der Waals surface area contributed by atoms with E-state index in [-0.39, 0.29) is 10.8 Å². The second-order valence-corrected chi connectivity index (χ2v) is 9.90. The third-order valence-corrected chi connectivity index (χ3v) is 5.58. The van der Waals surface area contributed by atoms with Crippen molar-refractivity contribution in [3.05, 3.63) is 53.1 Å². The van der Waals surface area contributed by atoms with E-state index < -0.39 is 0 Å². The first-order valence-electron chi connectivity index (χ1n) is 9.02. The summed E-state index contributed by atoms with van der Waals surface area (Å²) in [5.41, 5.74) is 4.06. The molecule has 0 spiro atoms. The molecular formula is C22H28N2OS. The van der Waals surface area contributed by atoms with E-state index in [9.17, 15) is 5.11 Å². The Hall–Kier alpha value is -2.07. The third-order valence-electron chi connectivity index (χ3n) is 4.59. The van der Waals surface area contributed by atoms with E-state index in [1.807, 2.05) is 18.2 Å². The minimum absolute atomic E-state index is 0.0261. The molecule has 0 bridgehead atoms. The lowest BCUT2D eigenvalue weighted by molar-refractivity contribution is 0.439. The van der Waals surface area contributed by atoms with Gasteiger partial charge < -0.3 is 10.4 Å². The fourth-order valence-electron chi connectivity index (χ4n) is 2.95. The van der Waals surface area contributed by atoms with Gasteiger partial charge in [-0.15, -0.1) is 0 Å². The van der Waals surface area contributed by atoms with Crippen LogP contribution in [0.5, 0.6) is 5.75 Å². The Bertz CT molecular complexity index is 896. The molecule has 3 aromatic rings. The highest BCUT2D eigenvalue weighted by atomic mass is 32.1. The molecule has 1 heterocycles. The Balaban J connectivity index is 1.95. The van der Waals surface area contributed by atoms with E-state index in [1.165, 1.54) is 5.56 Å². The van der Waals surface area contributed by atoms with Gasteiger partial charge in [0.2, 0.25) is 0 Å². The van der Waals surface area contributed by atoms with Crippen LogP contribution in [-0.4, -0.2) is 10.1 Å². The van der Waals surface area contributed by atoms with E-state index in [1.54, 1.807) is 11.3 Å². The number of hydrogen-bond donors (Lipinski definition) is 2. The number of aromatic hydroxyl groups is 1. The molecule has 2 N–H and O–H groups in total. The molecule has 3 nitrogen and oxygen atoms in total. The fourth-order valence-corrected chi connectivity index (χ4v) is 3.81. The first kappa shape index (κ1) is 18.7. The van der Waals surface area contributed by atoms with Crippen LogP contribution in [0.3, 0.4) is 0 Å². The number of rotatable bonds is 3. The first-order chi connectivity index (χ1) is 12.1. The molecule has 0 aliphatic rings. The molecule has 0 amide bonds. The summed E-state index contributed by atoms with van der Waals surface area (Å²) in [7, 11) is 0. The molecule has 4 heteroatoms. The minimum atomic E-state index is -0.115. The van der Waals surface area contributed by atoms with Crippen LogP contribution >= 0.6 is 11.3 Å². The summed E-state index contributed by atoms with van der Waals surface area (Å²) in [6.45, 7) is 13.6. The zero-order valence-corrected chi connectivity index (χ0v) is 17.3. The average molecular weight is 369 g/mol. The predicted molar refractivity (Wildman–Crippen MR) is 112 cm³/mol. The number of thiazole rings is 1. The zero-order chi connectivity index (χ0) is 19.1. The number of para-hydroxylation sites is 1. The van der Waals surface area contributed by atoms with Gasteiger partial charge in [0, 0.05) is 12.1 Å². The molecule has 0 aliphatic carbocycles. The summed E-state index contributed by atoms with van der Waals surface area (Å²) in [6, 6.07) is 12.4. The Morgan fingerprint density at radius 2 is 1.69 bits per heavy atom. The number of fused-ring (bicyclic) bond motifs is 1. The van der Waals surface area contributed by atoms with Crippen LogP contribution in [0.2, 0.25) is 0 Å². The maximum Gasteiger partial charge on any atom is 0.184 e. The lowest BCUT2D eigenvalue weighted by Crippen LogP contribution is -2.18. The van der Waals surface area contributed by atoms with Crippen LogP contribution in [0.4, 0.5) is 5.13 Å². The van der Waals surface area contributed by atoms with Gasteiger partial charge in [0.15, 0.2) is 5.13 Å². The normalized spacial score (nSPS) is 12.5. The molecule has 3 rings (SSSR count). The second-order valence-electron chi connectivity index (χ2n) is 8.87. The van der Waals surface area contributed by atoms with Crippen LogP contribution in [-0.2, 0) is 17.4 Å². The van der Waals surface area contributed by atoms with Crippen molar-refractivity contribution in [2.45, 2.75) is 58.9 Å². The highest BCUT2D eigenvalue weighted by molar-refractivity contribution is 7.22. The Labute approximate surface area is 160 Å². The van der Waals surface area contributed by atoms with Crippen molar-refractivity contribution in [2.75, 3.05) is 5.32 Å². The number of nitrogens with zero attached hydrogens (tertiary/aromatic N) is 1. The fraction of sp³-hybridized carbons (Fsp3) is 0.409. The summed E-state index contributed by atoms with van der Waals surface area (Å²) in [5.74, 6) is 0.388. The molecule has 0 unspecified atom stereocenters. The van der Waals surface area contributed by atoms with Gasteiger partial charge >= 0.3 is 0 Å². The van der Waals surface area contributed by atoms with Gasteiger partial charge in [0.05, 0.1) is 10.2 Å². The Morgan fingerprint density at radius 3 is 2.31 bits per heavy atom.